The van der Waals surface area contributed by atoms with Crippen LogP contribution in [0, 0.1) is 0 Å². The Morgan fingerprint density at radius 3 is 2.44 bits per heavy atom. The molecule has 0 unspecified atom stereocenters. The Morgan fingerprint density at radius 2 is 1.67 bits per heavy atom. The third-order valence-electron chi connectivity index (χ3n) is 2.44. The van der Waals surface area contributed by atoms with Gasteiger partial charge in [-0.1, -0.05) is 29.3 Å². The molecule has 3 rings (SSSR count). The molecule has 0 bridgehead atoms. The summed E-state index contributed by atoms with van der Waals surface area (Å²) in [6.07, 6.45) is 0. The predicted octanol–water partition coefficient (Wildman–Crippen LogP) is 6.42. The van der Waals surface area contributed by atoms with Gasteiger partial charge in [0.25, 0.3) is 0 Å². The van der Waals surface area contributed by atoms with Gasteiger partial charge in [0.05, 0.1) is 19.0 Å². The first-order valence-electron chi connectivity index (χ1n) is 4.89. The molecule has 0 N–H and O–H groups in total. The van der Waals surface area contributed by atoms with Crippen molar-refractivity contribution in [3.63, 3.8) is 0 Å². The van der Waals surface area contributed by atoms with Crippen molar-refractivity contribution < 1.29 is 9.47 Å². The van der Waals surface area contributed by atoms with E-state index >= 15 is 0 Å². The SMILES string of the molecule is Clc1cc2c(c(Br)c1Cl)Oc1cccc(Br)c1O2. The molecule has 0 atom stereocenters. The molecule has 2 nitrogen and oxygen atoms in total. The van der Waals surface area contributed by atoms with Gasteiger partial charge in [-0.2, -0.15) is 0 Å². The van der Waals surface area contributed by atoms with Crippen LogP contribution in [-0.4, -0.2) is 0 Å². The van der Waals surface area contributed by atoms with Crippen LogP contribution >= 0.6 is 55.1 Å². The molecular formula is C12H4Br2Cl2O2. The molecule has 1 heterocycles. The van der Waals surface area contributed by atoms with Gasteiger partial charge in [-0.25, -0.2) is 0 Å². The minimum atomic E-state index is 0.400. The second-order valence-electron chi connectivity index (χ2n) is 3.58. The van der Waals surface area contributed by atoms with Gasteiger partial charge in [-0.15, -0.1) is 0 Å². The normalized spacial score (nSPS) is 12.2. The Kier molecular flexibility index (Phi) is 3.22. The van der Waals surface area contributed by atoms with Crippen molar-refractivity contribution in [2.45, 2.75) is 0 Å². The summed E-state index contributed by atoms with van der Waals surface area (Å²) in [6, 6.07) is 7.19. The van der Waals surface area contributed by atoms with Gasteiger partial charge >= 0.3 is 0 Å². The maximum Gasteiger partial charge on any atom is 0.185 e. The molecule has 0 saturated carbocycles. The quantitative estimate of drug-likeness (QED) is 0.398. The smallest absolute Gasteiger partial charge is 0.185 e. The zero-order valence-electron chi connectivity index (χ0n) is 8.64. The van der Waals surface area contributed by atoms with E-state index in [0.29, 0.717) is 37.5 Å². The Labute approximate surface area is 130 Å². The minimum Gasteiger partial charge on any atom is -0.448 e. The zero-order chi connectivity index (χ0) is 12.9. The van der Waals surface area contributed by atoms with Crippen LogP contribution in [0.25, 0.3) is 0 Å². The lowest BCUT2D eigenvalue weighted by Gasteiger charge is -2.23. The van der Waals surface area contributed by atoms with Crippen LogP contribution in [0.15, 0.2) is 33.2 Å². The summed E-state index contributed by atoms with van der Waals surface area (Å²) in [5.74, 6) is 2.29. The lowest BCUT2D eigenvalue weighted by atomic mass is 10.2. The molecule has 0 saturated heterocycles. The molecule has 0 radical (unpaired) electrons. The average molecular weight is 411 g/mol. The summed E-state index contributed by atoms with van der Waals surface area (Å²) < 4.78 is 13.0. The molecule has 1 aliphatic rings. The van der Waals surface area contributed by atoms with Crippen LogP contribution < -0.4 is 9.47 Å². The van der Waals surface area contributed by atoms with Crippen molar-refractivity contribution in [3.8, 4) is 23.0 Å². The number of rotatable bonds is 0. The highest BCUT2D eigenvalue weighted by molar-refractivity contribution is 9.11. The molecule has 6 heteroatoms. The molecule has 0 aromatic heterocycles. The topological polar surface area (TPSA) is 18.5 Å². The summed E-state index contributed by atoms with van der Waals surface area (Å²) in [5.41, 5.74) is 0. The van der Waals surface area contributed by atoms with Crippen molar-refractivity contribution >= 4 is 55.1 Å². The third-order valence-corrected chi connectivity index (χ3v) is 4.84. The van der Waals surface area contributed by atoms with Crippen molar-refractivity contribution in [2.24, 2.45) is 0 Å². The van der Waals surface area contributed by atoms with Gasteiger partial charge in [0.1, 0.15) is 0 Å². The number of hydrogen-bond donors (Lipinski definition) is 0. The molecule has 0 fully saturated rings. The van der Waals surface area contributed by atoms with E-state index in [1.54, 1.807) is 6.07 Å². The summed E-state index contributed by atoms with van der Waals surface area (Å²) in [6.45, 7) is 0. The molecule has 0 aliphatic carbocycles. The van der Waals surface area contributed by atoms with Crippen molar-refractivity contribution in [3.05, 3.63) is 43.3 Å². The number of halogens is 4. The van der Waals surface area contributed by atoms with E-state index < -0.39 is 0 Å². The van der Waals surface area contributed by atoms with E-state index in [1.165, 1.54) is 0 Å². The molecule has 0 amide bonds. The van der Waals surface area contributed by atoms with Gasteiger partial charge in [-0.05, 0) is 44.0 Å². The summed E-state index contributed by atoms with van der Waals surface area (Å²) >= 11 is 18.8. The molecule has 92 valence electrons. The molecule has 18 heavy (non-hydrogen) atoms. The summed E-state index contributed by atoms with van der Waals surface area (Å²) in [5, 5.41) is 0.804. The van der Waals surface area contributed by atoms with Gasteiger partial charge in [-0.3, -0.25) is 0 Å². The van der Waals surface area contributed by atoms with Gasteiger partial charge in [0, 0.05) is 6.07 Å². The lowest BCUT2D eigenvalue weighted by Crippen LogP contribution is -2.00. The van der Waals surface area contributed by atoms with Crippen molar-refractivity contribution in [1.82, 2.24) is 0 Å². The highest BCUT2D eigenvalue weighted by atomic mass is 79.9. The minimum absolute atomic E-state index is 0.400. The number of hydrogen-bond acceptors (Lipinski definition) is 2. The molecular weight excluding hydrogens is 407 g/mol. The van der Waals surface area contributed by atoms with Crippen LogP contribution in [0.1, 0.15) is 0 Å². The molecule has 2 aromatic carbocycles. The van der Waals surface area contributed by atoms with Crippen molar-refractivity contribution in [2.75, 3.05) is 0 Å². The van der Waals surface area contributed by atoms with E-state index in [9.17, 15) is 0 Å². The van der Waals surface area contributed by atoms with Gasteiger partial charge < -0.3 is 9.47 Å². The maximum atomic E-state index is 6.05. The fourth-order valence-corrected chi connectivity index (χ4v) is 2.98. The van der Waals surface area contributed by atoms with Crippen LogP contribution in [-0.2, 0) is 0 Å². The largest absolute Gasteiger partial charge is 0.448 e. The predicted molar refractivity (Wildman–Crippen MR) is 78.5 cm³/mol. The second-order valence-corrected chi connectivity index (χ2v) is 6.02. The number of para-hydroxylation sites is 1. The number of ether oxygens (including phenoxy) is 2. The molecule has 2 aromatic rings. The van der Waals surface area contributed by atoms with Gasteiger partial charge in [0.15, 0.2) is 23.0 Å². The first-order valence-corrected chi connectivity index (χ1v) is 7.24. The monoisotopic (exact) mass is 408 g/mol. The average Bonchev–Trinajstić information content (AvgIpc) is 2.36. The fraction of sp³-hybridized carbons (Fsp3) is 0. The third kappa shape index (κ3) is 1.92. The molecule has 1 aliphatic heterocycles. The lowest BCUT2D eigenvalue weighted by molar-refractivity contribution is 0.356. The standard InChI is InChI=1S/C12H4Br2Cl2O2/c13-5-2-1-3-7-11(5)18-8-4-6(15)10(16)9(14)12(8)17-7/h1-4H. The van der Waals surface area contributed by atoms with Crippen molar-refractivity contribution in [1.29, 1.82) is 0 Å². The Hall–Kier alpha value is -0.420. The number of benzene rings is 2. The van der Waals surface area contributed by atoms with E-state index in [0.717, 1.165) is 4.47 Å². The number of fused-ring (bicyclic) bond motifs is 2. The second kappa shape index (κ2) is 4.60. The first kappa shape index (κ1) is 12.6. The highest BCUT2D eigenvalue weighted by Gasteiger charge is 2.25. The fourth-order valence-electron chi connectivity index (χ4n) is 1.62. The maximum absolute atomic E-state index is 6.05. The van der Waals surface area contributed by atoms with Crippen LogP contribution in [0.4, 0.5) is 0 Å². The van der Waals surface area contributed by atoms with Crippen LogP contribution in [0.2, 0.25) is 10.0 Å². The Bertz CT molecular complexity index is 659. The van der Waals surface area contributed by atoms with Crippen LogP contribution in [0.3, 0.4) is 0 Å². The summed E-state index contributed by atoms with van der Waals surface area (Å²) in [7, 11) is 0. The molecule has 0 spiro atoms. The zero-order valence-corrected chi connectivity index (χ0v) is 13.3. The highest BCUT2D eigenvalue weighted by Crippen LogP contribution is 2.54. The van der Waals surface area contributed by atoms with E-state index in [2.05, 4.69) is 31.9 Å². The van der Waals surface area contributed by atoms with E-state index in [1.807, 2.05) is 18.2 Å². The first-order chi connectivity index (χ1) is 8.58. The van der Waals surface area contributed by atoms with Gasteiger partial charge in [0.2, 0.25) is 0 Å². The van der Waals surface area contributed by atoms with E-state index in [4.69, 9.17) is 32.7 Å². The van der Waals surface area contributed by atoms with E-state index in [-0.39, 0.29) is 0 Å². The summed E-state index contributed by atoms with van der Waals surface area (Å²) in [4.78, 5) is 0. The van der Waals surface area contributed by atoms with Crippen LogP contribution in [0.5, 0.6) is 23.0 Å². The Balaban J connectivity index is 2.20. The Morgan fingerprint density at radius 1 is 0.944 bits per heavy atom.